The van der Waals surface area contributed by atoms with E-state index in [0.29, 0.717) is 12.0 Å². The van der Waals surface area contributed by atoms with E-state index in [1.807, 2.05) is 18.2 Å². The van der Waals surface area contributed by atoms with Crippen LogP contribution in [0.5, 0.6) is 0 Å². The minimum Gasteiger partial charge on any atom is -0.398 e. The third-order valence-electron chi connectivity index (χ3n) is 3.16. The van der Waals surface area contributed by atoms with Gasteiger partial charge in [-0.05, 0) is 36.6 Å². The van der Waals surface area contributed by atoms with Crippen molar-refractivity contribution in [3.63, 3.8) is 0 Å². The second-order valence-corrected chi connectivity index (χ2v) is 4.62. The third-order valence-corrected chi connectivity index (χ3v) is 3.40. The highest BCUT2D eigenvalue weighted by Gasteiger charge is 2.31. The molecular formula is C11H16ClN3. The molecule has 0 amide bonds. The van der Waals surface area contributed by atoms with Crippen LogP contribution in [0.25, 0.3) is 0 Å². The molecule has 1 aliphatic heterocycles. The van der Waals surface area contributed by atoms with E-state index in [4.69, 9.17) is 17.3 Å². The van der Waals surface area contributed by atoms with Gasteiger partial charge < -0.3 is 5.73 Å². The summed E-state index contributed by atoms with van der Waals surface area (Å²) < 4.78 is 0. The lowest BCUT2D eigenvalue weighted by Crippen LogP contribution is -2.29. The normalized spacial score (nSPS) is 30.7. The first kappa shape index (κ1) is 10.7. The lowest BCUT2D eigenvalue weighted by atomic mass is 9.91. The molecule has 1 fully saturated rings. The third kappa shape index (κ3) is 1.95. The highest BCUT2D eigenvalue weighted by atomic mass is 35.5. The van der Waals surface area contributed by atoms with Gasteiger partial charge in [0.25, 0.3) is 0 Å². The summed E-state index contributed by atoms with van der Waals surface area (Å²) in [6.07, 6.45) is 0. The van der Waals surface area contributed by atoms with Crippen LogP contribution in [0.15, 0.2) is 18.2 Å². The van der Waals surface area contributed by atoms with Gasteiger partial charge >= 0.3 is 0 Å². The van der Waals surface area contributed by atoms with E-state index < -0.39 is 0 Å². The maximum Gasteiger partial charge on any atom is 0.0524 e. The van der Waals surface area contributed by atoms with Crippen molar-refractivity contribution in [1.82, 2.24) is 10.9 Å². The van der Waals surface area contributed by atoms with E-state index in [1.54, 1.807) is 0 Å². The van der Waals surface area contributed by atoms with E-state index in [1.165, 1.54) is 0 Å². The van der Waals surface area contributed by atoms with Crippen LogP contribution >= 0.6 is 11.6 Å². The molecule has 4 N–H and O–H groups in total. The molecule has 1 saturated heterocycles. The SMILES string of the molecule is CC1NNC(c2cc(Cl)ccc2N)C1C. The fourth-order valence-electron chi connectivity index (χ4n) is 1.95. The van der Waals surface area contributed by atoms with Crippen LogP contribution in [0.3, 0.4) is 0 Å². The van der Waals surface area contributed by atoms with Gasteiger partial charge in [0.15, 0.2) is 0 Å². The fraction of sp³-hybridized carbons (Fsp3) is 0.455. The van der Waals surface area contributed by atoms with Gasteiger partial charge in [0, 0.05) is 16.8 Å². The summed E-state index contributed by atoms with van der Waals surface area (Å²) in [6, 6.07) is 6.28. The van der Waals surface area contributed by atoms with Crippen molar-refractivity contribution in [2.75, 3.05) is 5.73 Å². The minimum atomic E-state index is 0.235. The quantitative estimate of drug-likeness (QED) is 0.642. The van der Waals surface area contributed by atoms with Gasteiger partial charge in [-0.2, -0.15) is 0 Å². The topological polar surface area (TPSA) is 50.1 Å². The predicted octanol–water partition coefficient (Wildman–Crippen LogP) is 2.10. The Labute approximate surface area is 95.0 Å². The van der Waals surface area contributed by atoms with Crippen LogP contribution in [0, 0.1) is 5.92 Å². The molecule has 3 atom stereocenters. The lowest BCUT2D eigenvalue weighted by Gasteiger charge is -2.18. The van der Waals surface area contributed by atoms with Gasteiger partial charge in [0.1, 0.15) is 0 Å². The van der Waals surface area contributed by atoms with Crippen LogP contribution in [-0.4, -0.2) is 6.04 Å². The fourth-order valence-corrected chi connectivity index (χ4v) is 2.13. The molecule has 0 bridgehead atoms. The summed E-state index contributed by atoms with van der Waals surface area (Å²) >= 11 is 5.98. The predicted molar refractivity (Wildman–Crippen MR) is 63.5 cm³/mol. The first-order valence-electron chi connectivity index (χ1n) is 5.15. The van der Waals surface area contributed by atoms with Crippen molar-refractivity contribution in [3.8, 4) is 0 Å². The Kier molecular flexibility index (Phi) is 2.87. The summed E-state index contributed by atoms with van der Waals surface area (Å²) in [6.45, 7) is 4.35. The van der Waals surface area contributed by atoms with Crippen molar-refractivity contribution in [3.05, 3.63) is 28.8 Å². The average Bonchev–Trinajstić information content (AvgIpc) is 2.52. The van der Waals surface area contributed by atoms with E-state index in [-0.39, 0.29) is 6.04 Å². The zero-order valence-electron chi connectivity index (χ0n) is 8.92. The van der Waals surface area contributed by atoms with Gasteiger partial charge in [-0.15, -0.1) is 0 Å². The highest BCUT2D eigenvalue weighted by Crippen LogP contribution is 2.32. The van der Waals surface area contributed by atoms with Crippen molar-refractivity contribution >= 4 is 17.3 Å². The number of nitrogens with two attached hydrogens (primary N) is 1. The van der Waals surface area contributed by atoms with E-state index in [0.717, 1.165) is 16.3 Å². The summed E-state index contributed by atoms with van der Waals surface area (Å²) in [4.78, 5) is 0. The maximum absolute atomic E-state index is 5.98. The Morgan fingerprint density at radius 2 is 2.00 bits per heavy atom. The maximum atomic E-state index is 5.98. The molecule has 82 valence electrons. The van der Waals surface area contributed by atoms with Crippen LogP contribution in [0.1, 0.15) is 25.5 Å². The van der Waals surface area contributed by atoms with Crippen LogP contribution < -0.4 is 16.6 Å². The van der Waals surface area contributed by atoms with Crippen molar-refractivity contribution in [1.29, 1.82) is 0 Å². The number of nitrogens with one attached hydrogen (secondary N) is 2. The molecule has 1 aliphatic rings. The standard InChI is InChI=1S/C11H16ClN3/c1-6-7(2)14-15-11(6)9-5-8(12)3-4-10(9)13/h3-7,11,14-15H,13H2,1-2H3. The second-order valence-electron chi connectivity index (χ2n) is 4.19. The van der Waals surface area contributed by atoms with Crippen LogP contribution in [0.4, 0.5) is 5.69 Å². The monoisotopic (exact) mass is 225 g/mol. The van der Waals surface area contributed by atoms with E-state index >= 15 is 0 Å². The van der Waals surface area contributed by atoms with Crippen molar-refractivity contribution in [2.45, 2.75) is 25.9 Å². The molecule has 0 spiro atoms. The Morgan fingerprint density at radius 3 is 2.60 bits per heavy atom. The van der Waals surface area contributed by atoms with Gasteiger partial charge in [-0.1, -0.05) is 18.5 Å². The number of anilines is 1. The smallest absolute Gasteiger partial charge is 0.0524 e. The Bertz CT molecular complexity index is 367. The molecule has 3 nitrogen and oxygen atoms in total. The zero-order valence-corrected chi connectivity index (χ0v) is 9.68. The Balaban J connectivity index is 2.33. The number of halogens is 1. The molecule has 4 heteroatoms. The summed E-state index contributed by atoms with van der Waals surface area (Å²) in [7, 11) is 0. The Morgan fingerprint density at radius 1 is 1.27 bits per heavy atom. The van der Waals surface area contributed by atoms with Gasteiger partial charge in [-0.3, -0.25) is 5.43 Å². The van der Waals surface area contributed by atoms with Crippen LogP contribution in [-0.2, 0) is 0 Å². The molecule has 2 rings (SSSR count). The average molecular weight is 226 g/mol. The first-order valence-corrected chi connectivity index (χ1v) is 5.53. The largest absolute Gasteiger partial charge is 0.398 e. The molecule has 0 aromatic heterocycles. The molecule has 1 heterocycles. The molecule has 0 saturated carbocycles. The number of hydrazine groups is 1. The molecule has 0 radical (unpaired) electrons. The number of hydrogen-bond donors (Lipinski definition) is 3. The second kappa shape index (κ2) is 4.00. The molecule has 1 aromatic carbocycles. The van der Waals surface area contributed by atoms with Gasteiger partial charge in [0.05, 0.1) is 6.04 Å². The van der Waals surface area contributed by atoms with Crippen molar-refractivity contribution in [2.24, 2.45) is 5.92 Å². The Hall–Kier alpha value is -0.770. The first-order chi connectivity index (χ1) is 7.09. The van der Waals surface area contributed by atoms with Crippen molar-refractivity contribution < 1.29 is 0 Å². The minimum absolute atomic E-state index is 0.235. The lowest BCUT2D eigenvalue weighted by molar-refractivity contribution is 0.476. The summed E-state index contributed by atoms with van der Waals surface area (Å²) in [5.74, 6) is 0.491. The number of benzene rings is 1. The zero-order chi connectivity index (χ0) is 11.0. The van der Waals surface area contributed by atoms with E-state index in [9.17, 15) is 0 Å². The number of nitrogen functional groups attached to an aromatic ring is 1. The van der Waals surface area contributed by atoms with Gasteiger partial charge in [0.2, 0.25) is 0 Å². The van der Waals surface area contributed by atoms with Gasteiger partial charge in [-0.25, -0.2) is 5.43 Å². The van der Waals surface area contributed by atoms with Crippen LogP contribution in [0.2, 0.25) is 5.02 Å². The molecule has 0 aliphatic carbocycles. The summed E-state index contributed by atoms with van der Waals surface area (Å²) in [5.41, 5.74) is 14.3. The molecule has 1 aromatic rings. The number of rotatable bonds is 1. The molecule has 3 unspecified atom stereocenters. The molecular weight excluding hydrogens is 210 g/mol. The summed E-state index contributed by atoms with van der Waals surface area (Å²) in [5, 5.41) is 0.729. The highest BCUT2D eigenvalue weighted by molar-refractivity contribution is 6.30. The van der Waals surface area contributed by atoms with E-state index in [2.05, 4.69) is 24.7 Å². The number of hydrogen-bond acceptors (Lipinski definition) is 3. The molecule has 15 heavy (non-hydrogen) atoms.